The quantitative estimate of drug-likeness (QED) is 0.867. The summed E-state index contributed by atoms with van der Waals surface area (Å²) in [6.45, 7) is 1.11. The molecule has 1 aromatic heterocycles. The number of H-pyrrole nitrogens is 1. The standard InChI is InChI=1S/C16H15F3N2O3/c1-9-14(16(17,18)19)21(6-7-24-9)15(23)11-8-13(22)20-12-5-3-2-4-10(11)12/h2-5,8-9,14H,6-7H2,1H3,(H,20,22)/t9-,14-/m0/s1. The second kappa shape index (κ2) is 5.94. The van der Waals surface area contributed by atoms with Gasteiger partial charge in [-0.1, -0.05) is 18.2 Å². The average Bonchev–Trinajstić information content (AvgIpc) is 2.51. The Bertz CT molecular complexity index is 831. The summed E-state index contributed by atoms with van der Waals surface area (Å²) in [6.07, 6.45) is -5.79. The number of nitrogens with one attached hydrogen (secondary N) is 1. The minimum atomic E-state index is -4.62. The number of benzene rings is 1. The first-order valence-corrected chi connectivity index (χ1v) is 7.40. The number of rotatable bonds is 1. The van der Waals surface area contributed by atoms with Gasteiger partial charge in [-0.3, -0.25) is 9.59 Å². The number of pyridine rings is 1. The Hall–Kier alpha value is -2.35. The average molecular weight is 340 g/mol. The number of hydrogen-bond donors (Lipinski definition) is 1. The zero-order chi connectivity index (χ0) is 17.5. The van der Waals surface area contributed by atoms with Crippen molar-refractivity contribution >= 4 is 16.8 Å². The lowest BCUT2D eigenvalue weighted by atomic mass is 10.0. The molecule has 1 amide bonds. The van der Waals surface area contributed by atoms with Crippen LogP contribution in [0.4, 0.5) is 13.2 Å². The summed E-state index contributed by atoms with van der Waals surface area (Å²) in [7, 11) is 0. The first kappa shape index (κ1) is 16.5. The predicted molar refractivity (Wildman–Crippen MR) is 80.9 cm³/mol. The van der Waals surface area contributed by atoms with Crippen LogP contribution in [0.25, 0.3) is 10.9 Å². The van der Waals surface area contributed by atoms with Gasteiger partial charge in [0, 0.05) is 23.5 Å². The molecule has 5 nitrogen and oxygen atoms in total. The number of halogens is 3. The van der Waals surface area contributed by atoms with Crippen molar-refractivity contribution in [1.82, 2.24) is 9.88 Å². The maximum absolute atomic E-state index is 13.4. The normalized spacial score (nSPS) is 21.9. The summed E-state index contributed by atoms with van der Waals surface area (Å²) >= 11 is 0. The van der Waals surface area contributed by atoms with E-state index < -0.39 is 29.8 Å². The van der Waals surface area contributed by atoms with Gasteiger partial charge in [0.25, 0.3) is 5.91 Å². The monoisotopic (exact) mass is 340 g/mol. The van der Waals surface area contributed by atoms with Crippen molar-refractivity contribution in [3.05, 3.63) is 46.2 Å². The molecule has 0 bridgehead atoms. The fraction of sp³-hybridized carbons (Fsp3) is 0.375. The zero-order valence-corrected chi connectivity index (χ0v) is 12.8. The third kappa shape index (κ3) is 2.89. The summed E-state index contributed by atoms with van der Waals surface area (Å²) in [5.41, 5.74) is -0.183. The fourth-order valence-electron chi connectivity index (χ4n) is 3.03. The molecule has 1 aliphatic rings. The van der Waals surface area contributed by atoms with Crippen LogP contribution in [-0.4, -0.2) is 47.3 Å². The number of nitrogens with zero attached hydrogens (tertiary/aromatic N) is 1. The first-order valence-electron chi connectivity index (χ1n) is 7.40. The lowest BCUT2D eigenvalue weighted by Crippen LogP contribution is -2.59. The molecule has 1 aliphatic heterocycles. The van der Waals surface area contributed by atoms with E-state index in [1.54, 1.807) is 24.3 Å². The molecule has 2 atom stereocenters. The number of fused-ring (bicyclic) bond motifs is 1. The second-order valence-electron chi connectivity index (χ2n) is 5.65. The van der Waals surface area contributed by atoms with Crippen LogP contribution in [0.5, 0.6) is 0 Å². The lowest BCUT2D eigenvalue weighted by Gasteiger charge is -2.40. The molecule has 3 rings (SSSR count). The second-order valence-corrected chi connectivity index (χ2v) is 5.65. The van der Waals surface area contributed by atoms with E-state index in [-0.39, 0.29) is 18.7 Å². The molecule has 2 aromatic rings. The number of hydrogen-bond acceptors (Lipinski definition) is 3. The highest BCUT2D eigenvalue weighted by molar-refractivity contribution is 6.06. The number of aromatic amines is 1. The van der Waals surface area contributed by atoms with Crippen molar-refractivity contribution in [3.63, 3.8) is 0 Å². The Morgan fingerprint density at radius 2 is 2.04 bits per heavy atom. The van der Waals surface area contributed by atoms with Crippen molar-refractivity contribution in [1.29, 1.82) is 0 Å². The molecule has 0 unspecified atom stereocenters. The number of ether oxygens (including phenoxy) is 1. The highest BCUT2D eigenvalue weighted by atomic mass is 19.4. The highest BCUT2D eigenvalue weighted by Gasteiger charge is 2.51. The summed E-state index contributed by atoms with van der Waals surface area (Å²) < 4.78 is 45.2. The number of para-hydroxylation sites is 1. The van der Waals surface area contributed by atoms with Crippen LogP contribution in [0, 0.1) is 0 Å². The van der Waals surface area contributed by atoms with E-state index in [1.165, 1.54) is 6.92 Å². The number of alkyl halides is 3. The fourth-order valence-corrected chi connectivity index (χ4v) is 3.03. The molecule has 1 fully saturated rings. The van der Waals surface area contributed by atoms with Gasteiger partial charge in [-0.05, 0) is 13.0 Å². The van der Waals surface area contributed by atoms with Gasteiger partial charge in [0.15, 0.2) is 6.04 Å². The van der Waals surface area contributed by atoms with E-state index in [0.29, 0.717) is 10.9 Å². The summed E-state index contributed by atoms with van der Waals surface area (Å²) in [6, 6.07) is 5.50. The van der Waals surface area contributed by atoms with Gasteiger partial charge in [-0.25, -0.2) is 0 Å². The minimum Gasteiger partial charge on any atom is -0.374 e. The third-order valence-electron chi connectivity index (χ3n) is 4.07. The van der Waals surface area contributed by atoms with Crippen LogP contribution >= 0.6 is 0 Å². The molecule has 128 valence electrons. The molecule has 2 heterocycles. The van der Waals surface area contributed by atoms with E-state index >= 15 is 0 Å². The molecule has 1 N–H and O–H groups in total. The molecule has 24 heavy (non-hydrogen) atoms. The maximum atomic E-state index is 13.4. The van der Waals surface area contributed by atoms with Gasteiger partial charge < -0.3 is 14.6 Å². The van der Waals surface area contributed by atoms with Gasteiger partial charge in [0.05, 0.1) is 18.3 Å². The zero-order valence-electron chi connectivity index (χ0n) is 12.8. The van der Waals surface area contributed by atoms with Gasteiger partial charge in [0.1, 0.15) is 0 Å². The highest BCUT2D eigenvalue weighted by Crippen LogP contribution is 2.32. The molecule has 1 saturated heterocycles. The van der Waals surface area contributed by atoms with E-state index in [4.69, 9.17) is 4.74 Å². The van der Waals surface area contributed by atoms with Gasteiger partial charge >= 0.3 is 6.18 Å². The number of amides is 1. The summed E-state index contributed by atoms with van der Waals surface area (Å²) in [4.78, 5) is 27.9. The SMILES string of the molecule is C[C@@H]1OCCN(C(=O)c2cc(=O)[nH]c3ccccc23)[C@@H]1C(F)(F)F. The van der Waals surface area contributed by atoms with Crippen LogP contribution in [0.15, 0.2) is 35.1 Å². The van der Waals surface area contributed by atoms with Gasteiger partial charge in [0.2, 0.25) is 5.56 Å². The molecule has 0 radical (unpaired) electrons. The van der Waals surface area contributed by atoms with E-state index in [0.717, 1.165) is 11.0 Å². The van der Waals surface area contributed by atoms with Gasteiger partial charge in [-0.2, -0.15) is 13.2 Å². The van der Waals surface area contributed by atoms with Crippen LogP contribution in [-0.2, 0) is 4.74 Å². The Kier molecular flexibility index (Phi) is 4.08. The topological polar surface area (TPSA) is 62.4 Å². The van der Waals surface area contributed by atoms with Crippen molar-refractivity contribution in [3.8, 4) is 0 Å². The molecular formula is C16H15F3N2O3. The Morgan fingerprint density at radius 1 is 1.33 bits per heavy atom. The molecule has 0 saturated carbocycles. The van der Waals surface area contributed by atoms with Crippen LogP contribution in [0.3, 0.4) is 0 Å². The Labute approximate surface area is 135 Å². The molecular weight excluding hydrogens is 325 g/mol. The first-order chi connectivity index (χ1) is 11.3. The van der Waals surface area contributed by atoms with Crippen molar-refractivity contribution < 1.29 is 22.7 Å². The van der Waals surface area contributed by atoms with Crippen LogP contribution < -0.4 is 5.56 Å². The lowest BCUT2D eigenvalue weighted by molar-refractivity contribution is -0.220. The predicted octanol–water partition coefficient (Wildman–Crippen LogP) is 2.32. The largest absolute Gasteiger partial charge is 0.411 e. The van der Waals surface area contributed by atoms with E-state index in [2.05, 4.69) is 4.98 Å². The number of carbonyl (C=O) groups is 1. The van der Waals surface area contributed by atoms with E-state index in [9.17, 15) is 22.8 Å². The van der Waals surface area contributed by atoms with Gasteiger partial charge in [-0.15, -0.1) is 0 Å². The molecule has 1 aromatic carbocycles. The summed E-state index contributed by atoms with van der Waals surface area (Å²) in [5, 5.41) is 0.405. The smallest absolute Gasteiger partial charge is 0.374 e. The van der Waals surface area contributed by atoms with Crippen molar-refractivity contribution in [2.45, 2.75) is 25.2 Å². The number of carbonyl (C=O) groups excluding carboxylic acids is 1. The minimum absolute atomic E-state index is 0.0145. The van der Waals surface area contributed by atoms with Crippen LogP contribution in [0.1, 0.15) is 17.3 Å². The maximum Gasteiger partial charge on any atom is 0.411 e. The Morgan fingerprint density at radius 3 is 2.75 bits per heavy atom. The molecule has 0 spiro atoms. The molecule has 8 heteroatoms. The number of aromatic nitrogens is 1. The Balaban J connectivity index is 2.09. The number of morpholine rings is 1. The van der Waals surface area contributed by atoms with Crippen molar-refractivity contribution in [2.24, 2.45) is 0 Å². The van der Waals surface area contributed by atoms with Crippen LogP contribution in [0.2, 0.25) is 0 Å². The third-order valence-corrected chi connectivity index (χ3v) is 4.07. The molecule has 0 aliphatic carbocycles. The van der Waals surface area contributed by atoms with E-state index in [1.807, 2.05) is 0 Å². The van der Waals surface area contributed by atoms with Crippen molar-refractivity contribution in [2.75, 3.05) is 13.2 Å². The summed E-state index contributed by atoms with van der Waals surface area (Å²) in [5.74, 6) is -0.824.